The largest absolute Gasteiger partial charge is 1.00 e. The van der Waals surface area contributed by atoms with E-state index in [1.807, 2.05) is 13.8 Å². The van der Waals surface area contributed by atoms with Crippen molar-refractivity contribution < 1.29 is 187 Å². The molecule has 1 rings (SSSR count). The number of aliphatic hydroxyl groups excluding tert-OH is 2. The number of hydrogen-bond donors (Lipinski definition) is 18. The molecule has 614 valence electrons. The van der Waals surface area contributed by atoms with Gasteiger partial charge < -0.3 is 118 Å². The summed E-state index contributed by atoms with van der Waals surface area (Å²) in [5, 5.41) is 59.0. The van der Waals surface area contributed by atoms with Crippen LogP contribution in [0.15, 0.2) is 0 Å². The first-order valence-electron chi connectivity index (χ1n) is 33.9. The molecule has 108 heavy (non-hydrogen) atoms. The van der Waals surface area contributed by atoms with Gasteiger partial charge in [0.2, 0.25) is 65.0 Å². The summed E-state index contributed by atoms with van der Waals surface area (Å²) >= 11 is 0. The molecule has 14 atom stereocenters. The molecule has 18 N–H and O–H groups in total. The first-order chi connectivity index (χ1) is 49.0. The van der Waals surface area contributed by atoms with Crippen LogP contribution in [-0.2, 0) is 103 Å². The van der Waals surface area contributed by atoms with E-state index in [2.05, 4.69) is 85.1 Å². The minimum atomic E-state index is -5.03. The van der Waals surface area contributed by atoms with Gasteiger partial charge in [-0.05, 0) is 109 Å². The monoisotopic (exact) mass is 1670 g/mol. The second-order valence-electron chi connectivity index (χ2n) is 25.8. The molecule has 0 aromatic carbocycles. The molecule has 0 aliphatic carbocycles. The van der Waals surface area contributed by atoms with Crippen molar-refractivity contribution in [3.63, 3.8) is 0 Å². The maximum atomic E-state index is 14.9. The van der Waals surface area contributed by atoms with Crippen molar-refractivity contribution in [2.75, 3.05) is 68.7 Å². The molecule has 0 radical (unpaired) electrons. The summed E-state index contributed by atoms with van der Waals surface area (Å²) in [4.78, 5) is 158. The number of nitrogens with one attached hydrogen (secondary N) is 16. The van der Waals surface area contributed by atoms with Gasteiger partial charge in [0, 0.05) is 13.0 Å². The fraction of sp³-hybridized carbons (Fsp3) is 0.807. The third-order valence-electron chi connectivity index (χ3n) is 16.1. The number of unbranched alkanes of at least 4 members (excludes halogenated alkanes) is 1. The quantitative estimate of drug-likeness (QED) is 0.0153. The molecule has 11 amide bonds. The average Bonchev–Trinajstić information content (AvgIpc) is 0.912. The van der Waals surface area contributed by atoms with Crippen LogP contribution >= 0.6 is 0 Å². The minimum absolute atomic E-state index is 0. The van der Waals surface area contributed by atoms with Gasteiger partial charge in [-0.1, -0.05) is 67.2 Å². The smallest absolute Gasteiger partial charge is 0.747 e. The van der Waals surface area contributed by atoms with Crippen LogP contribution in [0.3, 0.4) is 0 Å². The number of rotatable bonds is 43. The molecule has 44 nitrogen and oxygen atoms in total. The Labute approximate surface area is 673 Å². The summed E-state index contributed by atoms with van der Waals surface area (Å²) in [6.45, 7) is 8.43. The molecule has 1 aliphatic heterocycles. The molecule has 14 unspecified atom stereocenters. The SMILES string of the molecule is CCC(C)C1NC(=O)C(CCNCS(=O)(=O)[O-])NC(=O)C(NC(=O)C(CCNCS(=O)(=O)[O-])NC(=O)C(NC(=O)C(CCNCS(=O)(=O)[O-])NC(=O)CCCCC(C)C)C(C)O)CCNC(=O)C(C(C)O)NC(=O)C(CCNCS(=O)(=O)[O-])NC(=O)C(CCNCS(=O)(=O)[O-])NC(=O)C(C(C)CC)NC1=O.[Na+].[Na+]. The fourth-order valence-electron chi connectivity index (χ4n) is 9.94. The van der Waals surface area contributed by atoms with E-state index >= 15 is 0 Å². The van der Waals surface area contributed by atoms with Gasteiger partial charge in [0.1, 0.15) is 111 Å². The molecule has 1 heterocycles. The van der Waals surface area contributed by atoms with Crippen molar-refractivity contribution >= 4 is 116 Å². The van der Waals surface area contributed by atoms with E-state index in [0.717, 1.165) is 20.3 Å². The minimum Gasteiger partial charge on any atom is -0.747 e. The van der Waals surface area contributed by atoms with E-state index in [1.54, 1.807) is 13.8 Å². The Morgan fingerprint density at radius 3 is 1.19 bits per heavy atom. The van der Waals surface area contributed by atoms with Gasteiger partial charge in [0.15, 0.2) is 0 Å². The van der Waals surface area contributed by atoms with Crippen LogP contribution < -0.4 is 144 Å². The van der Waals surface area contributed by atoms with E-state index in [9.17, 15) is 128 Å². The van der Waals surface area contributed by atoms with Crippen molar-refractivity contribution in [3.8, 4) is 0 Å². The summed E-state index contributed by atoms with van der Waals surface area (Å²) < 4.78 is 173. The molecular weight excluding hydrogens is 1560 g/mol. The molecule has 0 aromatic heterocycles. The van der Waals surface area contributed by atoms with Gasteiger partial charge in [-0.15, -0.1) is 0 Å². The number of carbonyl (C=O) groups is 11. The molecular formula is C57H103N16Na2O28S5-3. The van der Waals surface area contributed by atoms with Gasteiger partial charge in [0.05, 0.1) is 41.6 Å². The van der Waals surface area contributed by atoms with Crippen molar-refractivity contribution in [3.05, 3.63) is 0 Å². The molecule has 51 heteroatoms. The number of carbonyl (C=O) groups excluding carboxylic acids is 11. The second kappa shape index (κ2) is 52.0. The average molecular weight is 1670 g/mol. The Balaban J connectivity index is 0. The zero-order valence-corrected chi connectivity index (χ0v) is 70.1. The third-order valence-corrected chi connectivity index (χ3v) is 18.9. The number of amides is 11. The topological polar surface area (TPSA) is 707 Å². The predicted molar refractivity (Wildman–Crippen MR) is 368 cm³/mol. The normalized spacial score (nSPS) is 21.4. The Morgan fingerprint density at radius 2 is 0.806 bits per heavy atom. The molecule has 1 fully saturated rings. The van der Waals surface area contributed by atoms with Crippen molar-refractivity contribution in [1.29, 1.82) is 0 Å². The fourth-order valence-corrected chi connectivity index (χ4v) is 11.9. The van der Waals surface area contributed by atoms with E-state index in [1.165, 1.54) is 13.8 Å². The first-order valence-corrected chi connectivity index (χ1v) is 41.7. The van der Waals surface area contributed by atoms with Crippen LogP contribution in [-0.4, -0.2) is 281 Å². The molecule has 1 saturated heterocycles. The molecule has 0 spiro atoms. The van der Waals surface area contributed by atoms with Gasteiger partial charge in [-0.25, -0.2) is 42.1 Å². The predicted octanol–water partition coefficient (Wildman–Crippen LogP) is -16.2. The van der Waals surface area contributed by atoms with Gasteiger partial charge in [-0.3, -0.25) is 52.7 Å². The van der Waals surface area contributed by atoms with E-state index in [0.29, 0.717) is 12.8 Å². The van der Waals surface area contributed by atoms with Gasteiger partial charge in [0.25, 0.3) is 0 Å². The summed E-state index contributed by atoms with van der Waals surface area (Å²) in [7, 11) is -24.8. The van der Waals surface area contributed by atoms with Crippen molar-refractivity contribution in [2.45, 2.75) is 205 Å². The Hall–Kier alpha value is -4.56. The standard InChI is InChI=1S/C57H108N16O28S5.2Na/c1-9-33(5)44-55(84)68-38(16-22-59-28-103(90,91)92)48(77)66-41(19-25-62-31-106(99,100)101)53(82)72-46(35(7)74)54(83)63-26-20-42(50(79)65-40(18-24-61-30-105(96,97)98)52(81)70-45(34(6)10-2)56(85)71-44)67-49(78)39(17-23-60-29-104(93,94)95)69-57(86)47(36(8)75)73-51(80)37(15-21-58-27-102(87,88)89)64-43(76)14-12-11-13-32(3)4;;/h32-42,44-47,58-62,74-75H,9-31H2,1-8H3,(H,63,83)(H,64,76)(H,65,79)(H,66,77)(H,67,78)(H,68,84)(H,69,86)(H,70,81)(H,71,85)(H,72,82)(H,73,80)(H,87,88,89)(H,90,91,92)(H,93,94,95)(H,96,97,98)(H,99,100,101);;/q;2*+1/p-5. The number of aliphatic hydroxyl groups is 2. The number of hydrogen-bond acceptors (Lipinski definition) is 33. The first kappa shape index (κ1) is 105. The Morgan fingerprint density at radius 1 is 0.444 bits per heavy atom. The van der Waals surface area contributed by atoms with Crippen LogP contribution in [0.2, 0.25) is 0 Å². The van der Waals surface area contributed by atoms with Crippen LogP contribution in [0, 0.1) is 17.8 Å². The molecule has 1 aliphatic rings. The zero-order valence-electron chi connectivity index (χ0n) is 62.0. The van der Waals surface area contributed by atoms with Gasteiger partial charge >= 0.3 is 59.1 Å². The summed E-state index contributed by atoms with van der Waals surface area (Å²) in [5.41, 5.74) is 0. The maximum absolute atomic E-state index is 14.9. The van der Waals surface area contributed by atoms with Crippen LogP contribution in [0.25, 0.3) is 0 Å². The summed E-state index contributed by atoms with van der Waals surface area (Å²) in [6, 6.07) is -18.9. The van der Waals surface area contributed by atoms with Crippen molar-refractivity contribution in [1.82, 2.24) is 85.1 Å². The molecule has 0 aromatic rings. The second-order valence-corrected chi connectivity index (χ2v) is 32.8. The van der Waals surface area contributed by atoms with Crippen LogP contribution in [0.4, 0.5) is 0 Å². The van der Waals surface area contributed by atoms with Gasteiger partial charge in [-0.2, -0.15) is 0 Å². The summed E-state index contributed by atoms with van der Waals surface area (Å²) in [5.74, 6) is -20.9. The van der Waals surface area contributed by atoms with E-state index in [-0.39, 0.29) is 84.3 Å². The van der Waals surface area contributed by atoms with Crippen LogP contribution in [0.1, 0.15) is 132 Å². The van der Waals surface area contributed by atoms with E-state index < -0.39 is 307 Å². The maximum Gasteiger partial charge on any atom is 1.00 e. The van der Waals surface area contributed by atoms with Crippen molar-refractivity contribution in [2.24, 2.45) is 17.8 Å². The Kier molecular flexibility index (Phi) is 50.7. The summed E-state index contributed by atoms with van der Waals surface area (Å²) in [6.07, 6.45) is -5.88. The van der Waals surface area contributed by atoms with Crippen LogP contribution in [0.5, 0.6) is 0 Å². The third kappa shape index (κ3) is 46.4. The van der Waals surface area contributed by atoms with E-state index in [4.69, 9.17) is 0 Å². The Bertz CT molecular complexity index is 3520. The zero-order chi connectivity index (χ0) is 81.1. The molecule has 0 saturated carbocycles. The molecule has 0 bridgehead atoms.